The zero-order valence-electron chi connectivity index (χ0n) is 11.7. The average Bonchev–Trinajstić information content (AvgIpc) is 2.90. The molecule has 0 saturated heterocycles. The second-order valence-electron chi connectivity index (χ2n) is 4.25. The lowest BCUT2D eigenvalue weighted by molar-refractivity contribution is -0.115. The summed E-state index contributed by atoms with van der Waals surface area (Å²) in [4.78, 5) is 12.1. The molecule has 2 rings (SSSR count). The summed E-state index contributed by atoms with van der Waals surface area (Å²) in [5.41, 5.74) is 1.01. The zero-order valence-corrected chi connectivity index (χ0v) is 14.2. The van der Waals surface area contributed by atoms with Gasteiger partial charge in [-0.3, -0.25) is 4.79 Å². The van der Waals surface area contributed by atoms with E-state index in [0.717, 1.165) is 8.68 Å². The summed E-state index contributed by atoms with van der Waals surface area (Å²) in [7, 11) is 0. The topological polar surface area (TPSA) is 54.9 Å². The van der Waals surface area contributed by atoms with E-state index in [4.69, 9.17) is 0 Å². The van der Waals surface area contributed by atoms with Crippen LogP contribution in [0.2, 0.25) is 0 Å². The lowest BCUT2D eigenvalue weighted by Gasteiger charge is -2.10. The molecule has 1 N–H and O–H groups in total. The highest BCUT2D eigenvalue weighted by molar-refractivity contribution is 8.03. The molecule has 0 aliphatic rings. The molecule has 1 amide bonds. The van der Waals surface area contributed by atoms with Crippen molar-refractivity contribution in [2.75, 3.05) is 11.6 Å². The molecule has 21 heavy (non-hydrogen) atoms. The van der Waals surface area contributed by atoms with Gasteiger partial charge in [0.05, 0.1) is 5.25 Å². The van der Waals surface area contributed by atoms with Crippen molar-refractivity contribution in [3.8, 4) is 0 Å². The van der Waals surface area contributed by atoms with Crippen LogP contribution in [-0.4, -0.2) is 27.6 Å². The highest BCUT2D eigenvalue weighted by Crippen LogP contribution is 2.30. The summed E-state index contributed by atoms with van der Waals surface area (Å²) in [5, 5.41) is 10.4. The molecule has 0 fully saturated rings. The maximum Gasteiger partial charge on any atom is 0.237 e. The van der Waals surface area contributed by atoms with E-state index in [9.17, 15) is 9.18 Å². The molecule has 1 atom stereocenters. The molecule has 2 aromatic rings. The standard InChI is InChI=1S/C13H14FN3OS3/c1-7-4-5-9(6-10(7)14)15-11(18)8(2)20-13-17-16-12(19-3)21-13/h4-6,8H,1-3H3,(H,15,18). The van der Waals surface area contributed by atoms with E-state index < -0.39 is 0 Å². The second kappa shape index (κ2) is 7.24. The lowest BCUT2D eigenvalue weighted by atomic mass is 10.2. The molecule has 1 aromatic carbocycles. The molecule has 112 valence electrons. The highest BCUT2D eigenvalue weighted by Gasteiger charge is 2.17. The number of aromatic nitrogens is 2. The van der Waals surface area contributed by atoms with E-state index in [1.165, 1.54) is 40.9 Å². The van der Waals surface area contributed by atoms with Gasteiger partial charge in [0.1, 0.15) is 5.82 Å². The summed E-state index contributed by atoms with van der Waals surface area (Å²) in [6.45, 7) is 3.46. The number of hydrogen-bond donors (Lipinski definition) is 1. The third-order valence-electron chi connectivity index (χ3n) is 2.65. The Labute approximate surface area is 134 Å². The molecule has 0 spiro atoms. The maximum atomic E-state index is 13.4. The van der Waals surface area contributed by atoms with Crippen LogP contribution in [0.25, 0.3) is 0 Å². The Morgan fingerprint density at radius 1 is 1.38 bits per heavy atom. The van der Waals surface area contributed by atoms with Crippen molar-refractivity contribution < 1.29 is 9.18 Å². The van der Waals surface area contributed by atoms with Crippen molar-refractivity contribution in [1.82, 2.24) is 10.2 Å². The number of nitrogens with zero attached hydrogens (tertiary/aromatic N) is 2. The van der Waals surface area contributed by atoms with Crippen molar-refractivity contribution in [1.29, 1.82) is 0 Å². The molecule has 4 nitrogen and oxygen atoms in total. The number of benzene rings is 1. The van der Waals surface area contributed by atoms with Gasteiger partial charge < -0.3 is 5.32 Å². The fraction of sp³-hybridized carbons (Fsp3) is 0.308. The number of thioether (sulfide) groups is 2. The Bertz CT molecular complexity index is 647. The number of carbonyl (C=O) groups is 1. The minimum Gasteiger partial charge on any atom is -0.325 e. The second-order valence-corrected chi connectivity index (χ2v) is 7.87. The normalized spacial score (nSPS) is 12.2. The molecule has 0 bridgehead atoms. The van der Waals surface area contributed by atoms with Crippen LogP contribution in [0.15, 0.2) is 26.9 Å². The third-order valence-corrected chi connectivity index (χ3v) is 5.73. The van der Waals surface area contributed by atoms with E-state index in [0.29, 0.717) is 11.3 Å². The summed E-state index contributed by atoms with van der Waals surface area (Å²) in [6, 6.07) is 4.64. The third kappa shape index (κ3) is 4.42. The van der Waals surface area contributed by atoms with Crippen LogP contribution < -0.4 is 5.32 Å². The Hall–Kier alpha value is -1.12. The van der Waals surface area contributed by atoms with Gasteiger partial charge in [0.15, 0.2) is 8.68 Å². The number of rotatable bonds is 5. The van der Waals surface area contributed by atoms with E-state index in [-0.39, 0.29) is 17.0 Å². The van der Waals surface area contributed by atoms with Crippen LogP contribution in [0.5, 0.6) is 0 Å². The number of hydrogen-bond acceptors (Lipinski definition) is 6. The summed E-state index contributed by atoms with van der Waals surface area (Å²) >= 11 is 4.31. The molecule has 0 saturated carbocycles. The van der Waals surface area contributed by atoms with Gasteiger partial charge in [0, 0.05) is 5.69 Å². The van der Waals surface area contributed by atoms with Crippen molar-refractivity contribution in [2.45, 2.75) is 27.8 Å². The Balaban J connectivity index is 1.97. The SMILES string of the molecule is CSc1nnc(SC(C)C(=O)Nc2ccc(C)c(F)c2)s1. The fourth-order valence-electron chi connectivity index (χ4n) is 1.45. The molecule has 8 heteroatoms. The van der Waals surface area contributed by atoms with Crippen molar-refractivity contribution in [3.63, 3.8) is 0 Å². The first-order valence-electron chi connectivity index (χ1n) is 6.10. The summed E-state index contributed by atoms with van der Waals surface area (Å²) < 4.78 is 15.1. The number of carbonyl (C=O) groups excluding carboxylic acids is 1. The largest absolute Gasteiger partial charge is 0.325 e. The van der Waals surface area contributed by atoms with Gasteiger partial charge in [-0.15, -0.1) is 10.2 Å². The summed E-state index contributed by atoms with van der Waals surface area (Å²) in [5.74, 6) is -0.522. The van der Waals surface area contributed by atoms with Crippen LogP contribution in [0.3, 0.4) is 0 Å². The van der Waals surface area contributed by atoms with Gasteiger partial charge in [0.2, 0.25) is 5.91 Å². The zero-order chi connectivity index (χ0) is 15.4. The first-order chi connectivity index (χ1) is 9.99. The monoisotopic (exact) mass is 343 g/mol. The van der Waals surface area contributed by atoms with Gasteiger partial charge >= 0.3 is 0 Å². The Morgan fingerprint density at radius 3 is 2.71 bits per heavy atom. The number of anilines is 1. The highest BCUT2D eigenvalue weighted by atomic mass is 32.2. The smallest absolute Gasteiger partial charge is 0.237 e. The number of nitrogens with one attached hydrogen (secondary N) is 1. The maximum absolute atomic E-state index is 13.4. The number of aryl methyl sites for hydroxylation is 1. The van der Waals surface area contributed by atoms with Crippen LogP contribution >= 0.6 is 34.9 Å². The minimum absolute atomic E-state index is 0.191. The van der Waals surface area contributed by atoms with Crippen LogP contribution in [0.4, 0.5) is 10.1 Å². The van der Waals surface area contributed by atoms with Crippen molar-refractivity contribution in [3.05, 3.63) is 29.6 Å². The Kier molecular flexibility index (Phi) is 5.60. The number of halogens is 1. The minimum atomic E-state index is -0.336. The van der Waals surface area contributed by atoms with Crippen LogP contribution in [0.1, 0.15) is 12.5 Å². The van der Waals surface area contributed by atoms with Crippen molar-refractivity contribution >= 4 is 46.5 Å². The fourth-order valence-corrected chi connectivity index (χ4v) is 4.03. The molecule has 0 aliphatic heterocycles. The van der Waals surface area contributed by atoms with E-state index in [1.807, 2.05) is 6.26 Å². The molecule has 1 aromatic heterocycles. The quantitative estimate of drug-likeness (QED) is 0.836. The Morgan fingerprint density at radius 2 is 2.10 bits per heavy atom. The van der Waals surface area contributed by atoms with Gasteiger partial charge in [-0.1, -0.05) is 40.9 Å². The number of amides is 1. The molecular weight excluding hydrogens is 329 g/mol. The van der Waals surface area contributed by atoms with Gasteiger partial charge in [0.25, 0.3) is 0 Å². The van der Waals surface area contributed by atoms with Gasteiger partial charge in [-0.05, 0) is 37.8 Å². The predicted molar refractivity (Wildman–Crippen MR) is 86.8 cm³/mol. The van der Waals surface area contributed by atoms with Gasteiger partial charge in [-0.25, -0.2) is 4.39 Å². The van der Waals surface area contributed by atoms with E-state index in [1.54, 1.807) is 26.0 Å². The average molecular weight is 343 g/mol. The molecule has 1 heterocycles. The molecule has 1 unspecified atom stereocenters. The first kappa shape index (κ1) is 16.3. The molecule has 0 radical (unpaired) electrons. The van der Waals surface area contributed by atoms with Gasteiger partial charge in [-0.2, -0.15) is 0 Å². The van der Waals surface area contributed by atoms with Crippen molar-refractivity contribution in [2.24, 2.45) is 0 Å². The summed E-state index contributed by atoms with van der Waals surface area (Å²) in [6.07, 6.45) is 1.93. The molecule has 0 aliphatic carbocycles. The van der Waals surface area contributed by atoms with E-state index >= 15 is 0 Å². The van der Waals surface area contributed by atoms with Crippen LogP contribution in [0, 0.1) is 12.7 Å². The first-order valence-corrected chi connectivity index (χ1v) is 9.03. The molecular formula is C13H14FN3OS3. The predicted octanol–water partition coefficient (Wildman–Crippen LogP) is 3.83. The van der Waals surface area contributed by atoms with Crippen LogP contribution in [-0.2, 0) is 4.79 Å². The van der Waals surface area contributed by atoms with E-state index in [2.05, 4.69) is 15.5 Å². The lowest BCUT2D eigenvalue weighted by Crippen LogP contribution is -2.22.